The fraction of sp³-hybridized carbons (Fsp3) is 0.500. The number of carbonyl (C=O) groups excluding carboxylic acids is 1. The molecule has 2 rings (SSSR count). The number of carbonyl (C=O) groups is 1. The molecule has 1 aromatic carbocycles. The van der Waals surface area contributed by atoms with Gasteiger partial charge in [0.15, 0.2) is 17.6 Å². The third-order valence-electron chi connectivity index (χ3n) is 2.94. The van der Waals surface area contributed by atoms with Gasteiger partial charge in [-0.2, -0.15) is 0 Å². The summed E-state index contributed by atoms with van der Waals surface area (Å²) in [6.45, 7) is 4.91. The van der Waals surface area contributed by atoms with E-state index in [1.807, 2.05) is 6.92 Å². The summed E-state index contributed by atoms with van der Waals surface area (Å²) in [5, 5.41) is 10.0. The summed E-state index contributed by atoms with van der Waals surface area (Å²) in [6, 6.07) is 3.43. The average molecular weight is 266 g/mol. The molecule has 1 aliphatic heterocycles. The van der Waals surface area contributed by atoms with Crippen LogP contribution in [-0.4, -0.2) is 30.9 Å². The second kappa shape index (κ2) is 5.93. The summed E-state index contributed by atoms with van der Waals surface area (Å²) in [7, 11) is 0. The fourth-order valence-electron chi connectivity index (χ4n) is 1.97. The van der Waals surface area contributed by atoms with E-state index in [2.05, 4.69) is 0 Å². The quantitative estimate of drug-likeness (QED) is 0.844. The summed E-state index contributed by atoms with van der Waals surface area (Å²) in [5.74, 6) is 0.552. The van der Waals surface area contributed by atoms with Crippen LogP contribution in [0.15, 0.2) is 12.1 Å². The van der Waals surface area contributed by atoms with Gasteiger partial charge in [-0.25, -0.2) is 4.79 Å². The SMILES string of the molecule is CCOC(=O)C(O)c1cc2c(cc1C)OCCCO2. The molecule has 1 unspecified atom stereocenters. The van der Waals surface area contributed by atoms with Gasteiger partial charge in [0.05, 0.1) is 19.8 Å². The first-order valence-electron chi connectivity index (χ1n) is 6.38. The summed E-state index contributed by atoms with van der Waals surface area (Å²) >= 11 is 0. The highest BCUT2D eigenvalue weighted by Gasteiger charge is 2.23. The van der Waals surface area contributed by atoms with Crippen LogP contribution in [0.2, 0.25) is 0 Å². The van der Waals surface area contributed by atoms with Crippen molar-refractivity contribution in [1.82, 2.24) is 0 Å². The topological polar surface area (TPSA) is 65.0 Å². The van der Waals surface area contributed by atoms with Gasteiger partial charge in [0, 0.05) is 6.42 Å². The molecule has 0 spiro atoms. The van der Waals surface area contributed by atoms with Crippen LogP contribution < -0.4 is 9.47 Å². The standard InChI is InChI=1S/C14H18O5/c1-3-17-14(16)13(15)10-8-12-11(7-9(10)2)18-5-4-6-19-12/h7-8,13,15H,3-6H2,1-2H3. The Hall–Kier alpha value is -1.75. The summed E-state index contributed by atoms with van der Waals surface area (Å²) < 4.78 is 15.9. The van der Waals surface area contributed by atoms with Gasteiger partial charge in [-0.3, -0.25) is 0 Å². The Bertz CT molecular complexity index is 469. The molecule has 1 heterocycles. The maximum Gasteiger partial charge on any atom is 0.339 e. The Morgan fingerprint density at radius 2 is 2.00 bits per heavy atom. The van der Waals surface area contributed by atoms with Crippen molar-refractivity contribution in [3.8, 4) is 11.5 Å². The number of aliphatic hydroxyl groups is 1. The molecule has 1 N–H and O–H groups in total. The molecule has 0 fully saturated rings. The summed E-state index contributed by atoms with van der Waals surface area (Å²) in [6.07, 6.45) is -0.485. The van der Waals surface area contributed by atoms with Crippen molar-refractivity contribution < 1.29 is 24.1 Å². The van der Waals surface area contributed by atoms with Crippen LogP contribution in [0.4, 0.5) is 0 Å². The van der Waals surface area contributed by atoms with Crippen molar-refractivity contribution in [2.24, 2.45) is 0 Å². The lowest BCUT2D eigenvalue weighted by atomic mass is 10.0. The van der Waals surface area contributed by atoms with Crippen LogP contribution in [0.5, 0.6) is 11.5 Å². The number of rotatable bonds is 3. The fourth-order valence-corrected chi connectivity index (χ4v) is 1.97. The second-order valence-electron chi connectivity index (χ2n) is 4.36. The number of hydrogen-bond acceptors (Lipinski definition) is 5. The molecule has 104 valence electrons. The number of esters is 1. The van der Waals surface area contributed by atoms with E-state index >= 15 is 0 Å². The van der Waals surface area contributed by atoms with Crippen molar-refractivity contribution in [3.05, 3.63) is 23.3 Å². The zero-order valence-corrected chi connectivity index (χ0v) is 11.1. The van der Waals surface area contributed by atoms with Crippen LogP contribution >= 0.6 is 0 Å². The molecule has 1 aliphatic rings. The first-order valence-corrected chi connectivity index (χ1v) is 6.38. The van der Waals surface area contributed by atoms with Crippen molar-refractivity contribution in [2.45, 2.75) is 26.4 Å². The molecule has 0 bridgehead atoms. The molecule has 0 radical (unpaired) electrons. The molecule has 5 nitrogen and oxygen atoms in total. The van der Waals surface area contributed by atoms with Crippen LogP contribution in [0.1, 0.15) is 30.6 Å². The summed E-state index contributed by atoms with van der Waals surface area (Å²) in [5.41, 5.74) is 1.26. The molecule has 0 amide bonds. The van der Waals surface area contributed by atoms with Gasteiger partial charge in [0.25, 0.3) is 0 Å². The largest absolute Gasteiger partial charge is 0.490 e. The van der Waals surface area contributed by atoms with Gasteiger partial charge in [-0.15, -0.1) is 0 Å². The van der Waals surface area contributed by atoms with Gasteiger partial charge in [-0.05, 0) is 37.1 Å². The molecule has 19 heavy (non-hydrogen) atoms. The minimum Gasteiger partial charge on any atom is -0.490 e. The number of ether oxygens (including phenoxy) is 3. The first kappa shape index (κ1) is 13.7. The van der Waals surface area contributed by atoms with Crippen LogP contribution in [-0.2, 0) is 9.53 Å². The minimum atomic E-state index is -1.29. The van der Waals surface area contributed by atoms with Gasteiger partial charge in [-0.1, -0.05) is 0 Å². The first-order chi connectivity index (χ1) is 9.13. The van der Waals surface area contributed by atoms with E-state index in [0.717, 1.165) is 12.0 Å². The van der Waals surface area contributed by atoms with E-state index in [9.17, 15) is 9.90 Å². The lowest BCUT2D eigenvalue weighted by Crippen LogP contribution is -2.16. The van der Waals surface area contributed by atoms with Crippen LogP contribution in [0.3, 0.4) is 0 Å². The van der Waals surface area contributed by atoms with Gasteiger partial charge >= 0.3 is 5.97 Å². The van der Waals surface area contributed by atoms with Crippen molar-refractivity contribution >= 4 is 5.97 Å². The molecular weight excluding hydrogens is 248 g/mol. The lowest BCUT2D eigenvalue weighted by molar-refractivity contribution is -0.153. The Labute approximate surface area is 112 Å². The molecule has 1 atom stereocenters. The highest BCUT2D eigenvalue weighted by atomic mass is 16.5. The average Bonchev–Trinajstić information content (AvgIpc) is 2.62. The Balaban J connectivity index is 2.31. The molecule has 0 saturated heterocycles. The molecule has 0 aliphatic carbocycles. The number of aryl methyl sites for hydroxylation is 1. The highest BCUT2D eigenvalue weighted by Crippen LogP contribution is 2.35. The van der Waals surface area contributed by atoms with E-state index in [1.165, 1.54) is 0 Å². The van der Waals surface area contributed by atoms with Crippen LogP contribution in [0, 0.1) is 6.92 Å². The second-order valence-corrected chi connectivity index (χ2v) is 4.36. The molecular formula is C14H18O5. The highest BCUT2D eigenvalue weighted by molar-refractivity contribution is 5.77. The van der Waals surface area contributed by atoms with Gasteiger partial charge < -0.3 is 19.3 Å². The van der Waals surface area contributed by atoms with E-state index in [4.69, 9.17) is 14.2 Å². The number of aliphatic hydroxyl groups excluding tert-OH is 1. The maximum absolute atomic E-state index is 11.6. The third-order valence-corrected chi connectivity index (χ3v) is 2.94. The monoisotopic (exact) mass is 266 g/mol. The van der Waals surface area contributed by atoms with Gasteiger partial charge in [0.1, 0.15) is 0 Å². The van der Waals surface area contributed by atoms with Crippen molar-refractivity contribution in [3.63, 3.8) is 0 Å². The number of benzene rings is 1. The predicted molar refractivity (Wildman–Crippen MR) is 68.4 cm³/mol. The smallest absolute Gasteiger partial charge is 0.339 e. The predicted octanol–water partition coefficient (Wildman–Crippen LogP) is 1.75. The molecule has 1 aromatic rings. The van der Waals surface area contributed by atoms with Crippen LogP contribution in [0.25, 0.3) is 0 Å². The maximum atomic E-state index is 11.6. The van der Waals surface area contributed by atoms with E-state index < -0.39 is 12.1 Å². The Morgan fingerprint density at radius 3 is 2.63 bits per heavy atom. The normalized spacial score (nSPS) is 15.5. The zero-order valence-electron chi connectivity index (χ0n) is 11.1. The molecule has 5 heteroatoms. The summed E-state index contributed by atoms with van der Waals surface area (Å²) in [4.78, 5) is 11.6. The minimum absolute atomic E-state index is 0.236. The van der Waals surface area contributed by atoms with Crippen molar-refractivity contribution in [1.29, 1.82) is 0 Å². The number of hydrogen-bond donors (Lipinski definition) is 1. The van der Waals surface area contributed by atoms with E-state index in [0.29, 0.717) is 30.3 Å². The Kier molecular flexibility index (Phi) is 4.27. The number of fused-ring (bicyclic) bond motifs is 1. The van der Waals surface area contributed by atoms with E-state index in [1.54, 1.807) is 19.1 Å². The Morgan fingerprint density at radius 1 is 1.37 bits per heavy atom. The zero-order chi connectivity index (χ0) is 13.8. The van der Waals surface area contributed by atoms with E-state index in [-0.39, 0.29) is 6.61 Å². The molecule has 0 saturated carbocycles. The lowest BCUT2D eigenvalue weighted by Gasteiger charge is -2.16. The third kappa shape index (κ3) is 2.98. The molecule has 0 aromatic heterocycles. The van der Waals surface area contributed by atoms with Crippen molar-refractivity contribution in [2.75, 3.05) is 19.8 Å². The van der Waals surface area contributed by atoms with Gasteiger partial charge in [0.2, 0.25) is 0 Å².